The molecule has 2 rings (SSSR count). The molecule has 1 aromatic heterocycles. The van der Waals surface area contributed by atoms with Crippen molar-refractivity contribution in [3.63, 3.8) is 0 Å². The van der Waals surface area contributed by atoms with E-state index < -0.39 is 0 Å². The van der Waals surface area contributed by atoms with Gasteiger partial charge in [0.2, 0.25) is 5.91 Å². The van der Waals surface area contributed by atoms with Crippen LogP contribution in [-0.2, 0) is 4.79 Å². The molecule has 0 unspecified atom stereocenters. The van der Waals surface area contributed by atoms with Crippen molar-refractivity contribution >= 4 is 29.9 Å². The third-order valence-corrected chi connectivity index (χ3v) is 2.76. The first kappa shape index (κ1) is 15.2. The molecular weight excluding hydrogens is 268 g/mol. The zero-order valence-electron chi connectivity index (χ0n) is 10.4. The Hall–Kier alpha value is -1.82. The number of nitrogens with one attached hydrogen (secondary N) is 2. The lowest BCUT2D eigenvalue weighted by molar-refractivity contribution is -0.122. The third kappa shape index (κ3) is 4.40. The maximum absolute atomic E-state index is 11.7. The van der Waals surface area contributed by atoms with E-state index in [1.165, 1.54) is 12.4 Å². The molecular formula is C12H17ClN4O2. The van der Waals surface area contributed by atoms with E-state index >= 15 is 0 Å². The van der Waals surface area contributed by atoms with Crippen molar-refractivity contribution in [2.24, 2.45) is 5.92 Å². The van der Waals surface area contributed by atoms with Crippen molar-refractivity contribution in [3.8, 4) is 0 Å². The van der Waals surface area contributed by atoms with Crippen LogP contribution in [0.5, 0.6) is 0 Å². The normalized spacial score (nSPS) is 13.3. The van der Waals surface area contributed by atoms with Crippen molar-refractivity contribution in [2.75, 3.05) is 18.8 Å². The number of halogens is 1. The quantitative estimate of drug-likeness (QED) is 0.679. The number of amides is 2. The summed E-state index contributed by atoms with van der Waals surface area (Å²) in [4.78, 5) is 26.9. The van der Waals surface area contributed by atoms with Gasteiger partial charge in [0.1, 0.15) is 0 Å². The van der Waals surface area contributed by atoms with Gasteiger partial charge in [0.15, 0.2) is 0 Å². The average molecular weight is 285 g/mol. The van der Waals surface area contributed by atoms with Gasteiger partial charge in [-0.25, -0.2) is 0 Å². The van der Waals surface area contributed by atoms with Crippen molar-refractivity contribution in [1.82, 2.24) is 15.6 Å². The Labute approximate surface area is 117 Å². The molecule has 0 aliphatic heterocycles. The molecule has 0 radical (unpaired) electrons. The molecule has 6 nitrogen and oxygen atoms in total. The number of pyridine rings is 1. The molecule has 7 heteroatoms. The van der Waals surface area contributed by atoms with Gasteiger partial charge in [-0.2, -0.15) is 0 Å². The molecule has 2 amide bonds. The minimum absolute atomic E-state index is 0. The van der Waals surface area contributed by atoms with Crippen molar-refractivity contribution in [2.45, 2.75) is 12.8 Å². The van der Waals surface area contributed by atoms with Crippen molar-refractivity contribution in [1.29, 1.82) is 0 Å². The summed E-state index contributed by atoms with van der Waals surface area (Å²) in [5.41, 5.74) is 6.40. The number of nitrogen functional groups attached to an aromatic ring is 1. The second kappa shape index (κ2) is 6.94. The van der Waals surface area contributed by atoms with E-state index in [1.807, 2.05) is 0 Å². The summed E-state index contributed by atoms with van der Waals surface area (Å²) in [5.74, 6) is -0.0129. The number of carbonyl (C=O) groups is 2. The summed E-state index contributed by atoms with van der Waals surface area (Å²) >= 11 is 0. The second-order valence-corrected chi connectivity index (χ2v) is 4.28. The van der Waals surface area contributed by atoms with Crippen LogP contribution < -0.4 is 16.4 Å². The van der Waals surface area contributed by atoms with E-state index in [9.17, 15) is 9.59 Å². The fraction of sp³-hybridized carbons (Fsp3) is 0.417. The predicted octanol–water partition coefficient (Wildman–Crippen LogP) is 0.342. The van der Waals surface area contributed by atoms with Gasteiger partial charge < -0.3 is 16.4 Å². The summed E-state index contributed by atoms with van der Waals surface area (Å²) in [5, 5.41) is 5.45. The van der Waals surface area contributed by atoms with Crippen LogP contribution in [-0.4, -0.2) is 29.9 Å². The van der Waals surface area contributed by atoms with E-state index in [0.717, 1.165) is 12.8 Å². The van der Waals surface area contributed by atoms with E-state index in [0.29, 0.717) is 24.3 Å². The molecule has 4 N–H and O–H groups in total. The van der Waals surface area contributed by atoms with Crippen LogP contribution in [0, 0.1) is 5.92 Å². The number of anilines is 1. The first-order valence-electron chi connectivity index (χ1n) is 5.94. The van der Waals surface area contributed by atoms with Gasteiger partial charge in [-0.05, 0) is 18.9 Å². The van der Waals surface area contributed by atoms with Gasteiger partial charge in [-0.1, -0.05) is 0 Å². The molecule has 1 saturated carbocycles. The molecule has 0 aromatic carbocycles. The predicted molar refractivity (Wildman–Crippen MR) is 74.0 cm³/mol. The molecule has 0 bridgehead atoms. The van der Waals surface area contributed by atoms with Crippen molar-refractivity contribution in [3.05, 3.63) is 24.0 Å². The molecule has 0 saturated heterocycles. The standard InChI is InChI=1S/C12H16N4O2.ClH/c13-10-3-4-14-7-9(10)12(18)16-6-5-15-11(17)8-1-2-8;/h3-4,7-8H,1-2,5-6H2,(H2,13,14)(H,15,17)(H,16,18);1H. The number of hydrogen-bond donors (Lipinski definition) is 3. The molecule has 0 atom stereocenters. The van der Waals surface area contributed by atoms with E-state index in [4.69, 9.17) is 5.73 Å². The van der Waals surface area contributed by atoms with Crippen LogP contribution in [0.15, 0.2) is 18.5 Å². The largest absolute Gasteiger partial charge is 0.398 e. The van der Waals surface area contributed by atoms with Crippen LogP contribution in [0.3, 0.4) is 0 Å². The summed E-state index contributed by atoms with van der Waals surface area (Å²) in [7, 11) is 0. The van der Waals surface area contributed by atoms with Gasteiger partial charge in [-0.3, -0.25) is 14.6 Å². The Morgan fingerprint density at radius 3 is 2.63 bits per heavy atom. The number of nitrogens with two attached hydrogens (primary N) is 1. The van der Waals surface area contributed by atoms with Gasteiger partial charge in [0.25, 0.3) is 5.91 Å². The molecule has 1 heterocycles. The minimum Gasteiger partial charge on any atom is -0.398 e. The van der Waals surface area contributed by atoms with Crippen LogP contribution in [0.2, 0.25) is 0 Å². The second-order valence-electron chi connectivity index (χ2n) is 4.28. The van der Waals surface area contributed by atoms with E-state index in [1.54, 1.807) is 6.07 Å². The van der Waals surface area contributed by atoms with Crippen LogP contribution in [0.25, 0.3) is 0 Å². The zero-order chi connectivity index (χ0) is 13.0. The highest BCUT2D eigenvalue weighted by Gasteiger charge is 2.28. The Kier molecular flexibility index (Phi) is 5.57. The Morgan fingerprint density at radius 1 is 1.32 bits per heavy atom. The highest BCUT2D eigenvalue weighted by atomic mass is 35.5. The Morgan fingerprint density at radius 2 is 2.00 bits per heavy atom. The van der Waals surface area contributed by atoms with Gasteiger partial charge in [0.05, 0.1) is 5.56 Å². The van der Waals surface area contributed by atoms with Crippen LogP contribution in [0.4, 0.5) is 5.69 Å². The summed E-state index contributed by atoms with van der Waals surface area (Å²) in [6.07, 6.45) is 4.91. The lowest BCUT2D eigenvalue weighted by Crippen LogP contribution is -2.35. The molecule has 0 spiro atoms. The van der Waals surface area contributed by atoms with Gasteiger partial charge in [0, 0.05) is 37.1 Å². The minimum atomic E-state index is -0.277. The SMILES string of the molecule is Cl.Nc1ccncc1C(=O)NCCNC(=O)C1CC1. The number of aromatic nitrogens is 1. The lowest BCUT2D eigenvalue weighted by Gasteiger charge is -2.07. The third-order valence-electron chi connectivity index (χ3n) is 2.76. The topological polar surface area (TPSA) is 97.1 Å². The zero-order valence-corrected chi connectivity index (χ0v) is 11.2. The monoisotopic (exact) mass is 284 g/mol. The van der Waals surface area contributed by atoms with E-state index in [2.05, 4.69) is 15.6 Å². The molecule has 1 aliphatic rings. The first-order valence-corrected chi connectivity index (χ1v) is 5.94. The summed E-state index contributed by atoms with van der Waals surface area (Å²) < 4.78 is 0. The fourth-order valence-corrected chi connectivity index (χ4v) is 1.54. The van der Waals surface area contributed by atoms with Gasteiger partial charge >= 0.3 is 0 Å². The number of rotatable bonds is 5. The van der Waals surface area contributed by atoms with Crippen molar-refractivity contribution < 1.29 is 9.59 Å². The lowest BCUT2D eigenvalue weighted by atomic mass is 10.2. The smallest absolute Gasteiger partial charge is 0.255 e. The number of hydrogen-bond acceptors (Lipinski definition) is 4. The molecule has 1 aromatic rings. The van der Waals surface area contributed by atoms with Crippen LogP contribution >= 0.6 is 12.4 Å². The average Bonchev–Trinajstić information content (AvgIpc) is 3.19. The molecule has 104 valence electrons. The maximum Gasteiger partial charge on any atom is 0.255 e. The summed E-state index contributed by atoms with van der Waals surface area (Å²) in [6.45, 7) is 0.812. The first-order chi connectivity index (χ1) is 8.68. The highest BCUT2D eigenvalue weighted by molar-refractivity contribution is 5.98. The number of carbonyl (C=O) groups excluding carboxylic acids is 2. The number of nitrogens with zero attached hydrogens (tertiary/aromatic N) is 1. The van der Waals surface area contributed by atoms with E-state index in [-0.39, 0.29) is 30.1 Å². The van der Waals surface area contributed by atoms with Crippen LogP contribution in [0.1, 0.15) is 23.2 Å². The maximum atomic E-state index is 11.7. The Balaban J connectivity index is 0.00000180. The Bertz CT molecular complexity index is 463. The summed E-state index contributed by atoms with van der Waals surface area (Å²) in [6, 6.07) is 1.57. The molecule has 19 heavy (non-hydrogen) atoms. The fourth-order valence-electron chi connectivity index (χ4n) is 1.54. The molecule has 1 aliphatic carbocycles. The van der Waals surface area contributed by atoms with Gasteiger partial charge in [-0.15, -0.1) is 12.4 Å². The highest BCUT2D eigenvalue weighted by Crippen LogP contribution is 2.28. The molecule has 1 fully saturated rings.